The van der Waals surface area contributed by atoms with Gasteiger partial charge in [-0.1, -0.05) is 61.3 Å². The Bertz CT molecular complexity index is 811. The molecule has 0 aliphatic rings. The summed E-state index contributed by atoms with van der Waals surface area (Å²) in [4.78, 5) is 28.3. The lowest BCUT2D eigenvalue weighted by Crippen LogP contribution is -2.48. The van der Waals surface area contributed by atoms with Crippen LogP contribution < -0.4 is 5.32 Å². The molecule has 7 heteroatoms. The van der Waals surface area contributed by atoms with Crippen LogP contribution in [0, 0.1) is 5.92 Å². The van der Waals surface area contributed by atoms with E-state index < -0.39 is 6.04 Å². The van der Waals surface area contributed by atoms with Gasteiger partial charge in [-0.3, -0.25) is 9.59 Å². The number of thioether (sulfide) groups is 1. The molecule has 0 radical (unpaired) electrons. The van der Waals surface area contributed by atoms with E-state index in [9.17, 15) is 9.59 Å². The van der Waals surface area contributed by atoms with Gasteiger partial charge >= 0.3 is 0 Å². The Labute approximate surface area is 187 Å². The third-order valence-corrected chi connectivity index (χ3v) is 6.05. The summed E-state index contributed by atoms with van der Waals surface area (Å²) in [7, 11) is 0. The van der Waals surface area contributed by atoms with Gasteiger partial charge in [0, 0.05) is 33.6 Å². The summed E-state index contributed by atoms with van der Waals surface area (Å²) in [5, 5.41) is 3.85. The van der Waals surface area contributed by atoms with Crippen LogP contribution in [-0.4, -0.2) is 35.1 Å². The van der Waals surface area contributed by atoms with E-state index in [1.54, 1.807) is 30.0 Å². The fraction of sp³-hybridized carbons (Fsp3) is 0.364. The van der Waals surface area contributed by atoms with Gasteiger partial charge in [0.25, 0.3) is 0 Å². The Morgan fingerprint density at radius 2 is 1.62 bits per heavy atom. The van der Waals surface area contributed by atoms with Gasteiger partial charge in [0.05, 0.1) is 5.75 Å². The lowest BCUT2D eigenvalue weighted by Gasteiger charge is -2.29. The molecular weight excluding hydrogens is 427 g/mol. The number of carbonyl (C=O) groups is 2. The molecule has 2 aromatic carbocycles. The summed E-state index contributed by atoms with van der Waals surface area (Å²) in [5.41, 5.74) is 0.636. The zero-order chi connectivity index (χ0) is 21.4. The van der Waals surface area contributed by atoms with Crippen LogP contribution in [0.25, 0.3) is 0 Å². The van der Waals surface area contributed by atoms with Gasteiger partial charge in [0.15, 0.2) is 0 Å². The Morgan fingerprint density at radius 1 is 1.00 bits per heavy atom. The van der Waals surface area contributed by atoms with E-state index in [1.807, 2.05) is 44.2 Å². The summed E-state index contributed by atoms with van der Waals surface area (Å²) >= 11 is 14.1. The minimum absolute atomic E-state index is 0.151. The summed E-state index contributed by atoms with van der Waals surface area (Å²) < 4.78 is 0. The standard InChI is InChI=1S/C22H26Cl2N2O2S/c1-15(2)12-25-22(28)16(3)26(13-18-19(23)10-7-11-20(18)24)21(27)14-29-17-8-5-4-6-9-17/h4-11,15-16H,12-14H2,1-3H3,(H,25,28)/t16-/m1/s1. The van der Waals surface area contributed by atoms with E-state index in [1.165, 1.54) is 11.8 Å². The van der Waals surface area contributed by atoms with Crippen LogP contribution >= 0.6 is 35.0 Å². The number of hydrogen-bond donors (Lipinski definition) is 1. The third-order valence-electron chi connectivity index (χ3n) is 4.35. The fourth-order valence-corrected chi connectivity index (χ4v) is 3.96. The Balaban J connectivity index is 2.19. The van der Waals surface area contributed by atoms with E-state index in [2.05, 4.69) is 5.32 Å². The topological polar surface area (TPSA) is 49.4 Å². The molecule has 0 unspecified atom stereocenters. The maximum absolute atomic E-state index is 13.1. The molecule has 0 heterocycles. The van der Waals surface area contributed by atoms with Crippen LogP contribution in [0.2, 0.25) is 10.0 Å². The largest absolute Gasteiger partial charge is 0.354 e. The molecule has 156 valence electrons. The molecule has 2 amide bonds. The van der Waals surface area contributed by atoms with Crippen molar-refractivity contribution in [1.29, 1.82) is 0 Å². The predicted octanol–water partition coefficient (Wildman–Crippen LogP) is 5.28. The van der Waals surface area contributed by atoms with Crippen molar-refractivity contribution in [2.24, 2.45) is 5.92 Å². The van der Waals surface area contributed by atoms with Crippen molar-refractivity contribution in [3.63, 3.8) is 0 Å². The van der Waals surface area contributed by atoms with Gasteiger partial charge in [-0.05, 0) is 37.1 Å². The van der Waals surface area contributed by atoms with Gasteiger partial charge in [0.1, 0.15) is 6.04 Å². The van der Waals surface area contributed by atoms with Gasteiger partial charge in [0.2, 0.25) is 11.8 Å². The van der Waals surface area contributed by atoms with E-state index >= 15 is 0 Å². The maximum Gasteiger partial charge on any atom is 0.242 e. The first-order valence-corrected chi connectivity index (χ1v) is 11.2. The Morgan fingerprint density at radius 3 is 2.21 bits per heavy atom. The van der Waals surface area contributed by atoms with Crippen molar-refractivity contribution in [1.82, 2.24) is 10.2 Å². The zero-order valence-electron chi connectivity index (χ0n) is 16.8. The minimum atomic E-state index is -0.648. The second-order valence-corrected chi connectivity index (χ2v) is 9.00. The molecule has 0 fully saturated rings. The van der Waals surface area contributed by atoms with E-state index in [0.717, 1.165) is 4.90 Å². The number of amides is 2. The molecule has 1 atom stereocenters. The van der Waals surface area contributed by atoms with Crippen molar-refractivity contribution >= 4 is 46.8 Å². The van der Waals surface area contributed by atoms with Crippen LogP contribution in [0.4, 0.5) is 0 Å². The van der Waals surface area contributed by atoms with E-state index in [-0.39, 0.29) is 24.1 Å². The molecule has 0 spiro atoms. The minimum Gasteiger partial charge on any atom is -0.354 e. The molecule has 2 aromatic rings. The molecule has 1 N–H and O–H groups in total. The monoisotopic (exact) mass is 452 g/mol. The fourth-order valence-electron chi connectivity index (χ4n) is 2.63. The molecule has 4 nitrogen and oxygen atoms in total. The SMILES string of the molecule is CC(C)CNC(=O)[C@@H](C)N(Cc1c(Cl)cccc1Cl)C(=O)CSc1ccccc1. The third kappa shape index (κ3) is 7.25. The second-order valence-electron chi connectivity index (χ2n) is 7.14. The van der Waals surface area contributed by atoms with Crippen molar-refractivity contribution < 1.29 is 9.59 Å². The Hall–Kier alpha value is -1.69. The molecule has 0 aliphatic heterocycles. The van der Waals surface area contributed by atoms with Gasteiger partial charge in [-0.2, -0.15) is 0 Å². The van der Waals surface area contributed by atoms with Crippen molar-refractivity contribution in [2.75, 3.05) is 12.3 Å². The first kappa shape index (κ1) is 23.6. The zero-order valence-corrected chi connectivity index (χ0v) is 19.2. The average Bonchev–Trinajstić information content (AvgIpc) is 2.70. The maximum atomic E-state index is 13.1. The van der Waals surface area contributed by atoms with Crippen LogP contribution in [0.5, 0.6) is 0 Å². The first-order chi connectivity index (χ1) is 13.8. The average molecular weight is 453 g/mol. The molecule has 2 rings (SSSR count). The highest BCUT2D eigenvalue weighted by Gasteiger charge is 2.27. The highest BCUT2D eigenvalue weighted by molar-refractivity contribution is 8.00. The predicted molar refractivity (Wildman–Crippen MR) is 121 cm³/mol. The number of rotatable bonds is 9. The molecule has 0 bridgehead atoms. The van der Waals surface area contributed by atoms with Crippen LogP contribution in [0.15, 0.2) is 53.4 Å². The molecule has 29 heavy (non-hydrogen) atoms. The number of halogens is 2. The molecular formula is C22H26Cl2N2O2S. The Kier molecular flexibility index (Phi) is 9.34. The van der Waals surface area contributed by atoms with Crippen LogP contribution in [-0.2, 0) is 16.1 Å². The highest BCUT2D eigenvalue weighted by atomic mass is 35.5. The van der Waals surface area contributed by atoms with Crippen molar-refractivity contribution in [2.45, 2.75) is 38.3 Å². The normalized spacial score (nSPS) is 11.9. The molecule has 0 aliphatic carbocycles. The quantitative estimate of drug-likeness (QED) is 0.526. The van der Waals surface area contributed by atoms with Crippen LogP contribution in [0.1, 0.15) is 26.3 Å². The number of hydrogen-bond acceptors (Lipinski definition) is 3. The first-order valence-electron chi connectivity index (χ1n) is 9.47. The van der Waals surface area contributed by atoms with Crippen molar-refractivity contribution in [3.8, 4) is 0 Å². The molecule has 0 saturated heterocycles. The lowest BCUT2D eigenvalue weighted by molar-refractivity contribution is -0.138. The smallest absolute Gasteiger partial charge is 0.242 e. The second kappa shape index (κ2) is 11.5. The summed E-state index contributed by atoms with van der Waals surface area (Å²) in [6, 6.07) is 14.2. The number of nitrogens with one attached hydrogen (secondary N) is 1. The summed E-state index contributed by atoms with van der Waals surface area (Å²) in [6.45, 7) is 6.49. The molecule has 0 aromatic heterocycles. The van der Waals surface area contributed by atoms with Crippen molar-refractivity contribution in [3.05, 3.63) is 64.1 Å². The van der Waals surface area contributed by atoms with Crippen LogP contribution in [0.3, 0.4) is 0 Å². The van der Waals surface area contributed by atoms with Gasteiger partial charge in [-0.25, -0.2) is 0 Å². The highest BCUT2D eigenvalue weighted by Crippen LogP contribution is 2.27. The lowest BCUT2D eigenvalue weighted by atomic mass is 10.1. The number of benzene rings is 2. The summed E-state index contributed by atoms with van der Waals surface area (Å²) in [6.07, 6.45) is 0. The number of carbonyl (C=O) groups excluding carboxylic acids is 2. The number of nitrogens with zero attached hydrogens (tertiary/aromatic N) is 1. The van der Waals surface area contributed by atoms with E-state index in [0.29, 0.717) is 28.1 Å². The molecule has 0 saturated carbocycles. The van der Waals surface area contributed by atoms with Gasteiger partial charge in [-0.15, -0.1) is 11.8 Å². The van der Waals surface area contributed by atoms with Gasteiger partial charge < -0.3 is 10.2 Å². The summed E-state index contributed by atoms with van der Waals surface area (Å²) in [5.74, 6) is 0.192. The van der Waals surface area contributed by atoms with E-state index in [4.69, 9.17) is 23.2 Å².